The fraction of sp³-hybridized carbons (Fsp3) is 0.800. The van der Waals surface area contributed by atoms with Gasteiger partial charge < -0.3 is 14.6 Å². The average Bonchev–Trinajstić information content (AvgIpc) is 2.28. The lowest BCUT2D eigenvalue weighted by Crippen LogP contribution is -2.42. The van der Waals surface area contributed by atoms with Gasteiger partial charge >= 0.3 is 0 Å². The topological polar surface area (TPSA) is 38.7 Å². The van der Waals surface area contributed by atoms with Crippen molar-refractivity contribution in [2.45, 2.75) is 44.7 Å². The van der Waals surface area contributed by atoms with Crippen LogP contribution in [0.25, 0.3) is 0 Å². The van der Waals surface area contributed by atoms with Crippen LogP contribution in [0.5, 0.6) is 0 Å². The fourth-order valence-corrected chi connectivity index (χ4v) is 1.51. The summed E-state index contributed by atoms with van der Waals surface area (Å²) in [5, 5.41) is 9.76. The third-order valence-electron chi connectivity index (χ3n) is 2.28. The lowest BCUT2D eigenvalue weighted by Gasteiger charge is -2.29. The van der Waals surface area contributed by atoms with Gasteiger partial charge in [0.25, 0.3) is 0 Å². The largest absolute Gasteiger partial charge is 0.390 e. The van der Waals surface area contributed by atoms with Crippen molar-refractivity contribution in [3.05, 3.63) is 12.7 Å². The Hall–Kier alpha value is -0.380. The van der Waals surface area contributed by atoms with Crippen LogP contribution in [0, 0.1) is 0 Å². The summed E-state index contributed by atoms with van der Waals surface area (Å²) in [6.45, 7) is 9.56. The van der Waals surface area contributed by atoms with Crippen LogP contribution in [-0.4, -0.2) is 29.2 Å². The Morgan fingerprint density at radius 1 is 1.54 bits per heavy atom. The minimum Gasteiger partial charge on any atom is -0.390 e. The van der Waals surface area contributed by atoms with Crippen LogP contribution in [0.2, 0.25) is 0 Å². The Kier molecular flexibility index (Phi) is 2.80. The number of rotatable bonds is 3. The van der Waals surface area contributed by atoms with Gasteiger partial charge in [0.1, 0.15) is 5.60 Å². The minimum atomic E-state index is -0.600. The lowest BCUT2D eigenvalue weighted by atomic mass is 9.98. The fourth-order valence-electron chi connectivity index (χ4n) is 1.51. The van der Waals surface area contributed by atoms with E-state index in [2.05, 4.69) is 6.58 Å². The molecule has 0 aromatic heterocycles. The maximum Gasteiger partial charge on any atom is 0.163 e. The Bertz CT molecular complexity index is 200. The smallest absolute Gasteiger partial charge is 0.163 e. The molecule has 3 nitrogen and oxygen atoms in total. The molecule has 0 aromatic carbocycles. The molecule has 0 aliphatic carbocycles. The van der Waals surface area contributed by atoms with Gasteiger partial charge in [0, 0.05) is 0 Å². The molecule has 1 fully saturated rings. The zero-order valence-corrected chi connectivity index (χ0v) is 8.54. The first kappa shape index (κ1) is 10.7. The highest BCUT2D eigenvalue weighted by atomic mass is 16.8. The molecule has 0 saturated carbocycles. The van der Waals surface area contributed by atoms with E-state index >= 15 is 0 Å². The van der Waals surface area contributed by atoms with Gasteiger partial charge in [-0.05, 0) is 27.2 Å². The molecule has 1 saturated heterocycles. The summed E-state index contributed by atoms with van der Waals surface area (Å²) in [5.74, 6) is -0.586. The molecular formula is C10H18O3. The summed E-state index contributed by atoms with van der Waals surface area (Å²) in [6.07, 6.45) is 1.66. The van der Waals surface area contributed by atoms with E-state index < -0.39 is 17.5 Å². The van der Waals surface area contributed by atoms with Crippen molar-refractivity contribution in [1.29, 1.82) is 0 Å². The van der Waals surface area contributed by atoms with Crippen LogP contribution in [0.1, 0.15) is 27.2 Å². The number of hydrogen-bond acceptors (Lipinski definition) is 3. The first-order chi connectivity index (χ1) is 5.90. The molecule has 0 unspecified atom stereocenters. The van der Waals surface area contributed by atoms with Crippen molar-refractivity contribution in [2.75, 3.05) is 6.61 Å². The van der Waals surface area contributed by atoms with E-state index in [-0.39, 0.29) is 0 Å². The van der Waals surface area contributed by atoms with E-state index in [1.165, 1.54) is 0 Å². The highest BCUT2D eigenvalue weighted by Gasteiger charge is 2.46. The minimum absolute atomic E-state index is 0.426. The van der Waals surface area contributed by atoms with Crippen LogP contribution >= 0.6 is 0 Å². The van der Waals surface area contributed by atoms with Crippen molar-refractivity contribution < 1.29 is 14.6 Å². The van der Waals surface area contributed by atoms with E-state index in [4.69, 9.17) is 9.47 Å². The maximum absolute atomic E-state index is 9.76. The van der Waals surface area contributed by atoms with Crippen molar-refractivity contribution in [1.82, 2.24) is 0 Å². The second kappa shape index (κ2) is 3.40. The quantitative estimate of drug-likeness (QED) is 0.678. The molecule has 1 aliphatic rings. The van der Waals surface area contributed by atoms with Crippen molar-refractivity contribution in [3.8, 4) is 0 Å². The monoisotopic (exact) mass is 186 g/mol. The first-order valence-corrected chi connectivity index (χ1v) is 4.53. The average molecular weight is 186 g/mol. The van der Waals surface area contributed by atoms with Gasteiger partial charge in [0.2, 0.25) is 0 Å². The molecular weight excluding hydrogens is 168 g/mol. The van der Waals surface area contributed by atoms with Crippen LogP contribution in [0.3, 0.4) is 0 Å². The molecule has 76 valence electrons. The van der Waals surface area contributed by atoms with Crippen molar-refractivity contribution in [3.63, 3.8) is 0 Å². The van der Waals surface area contributed by atoms with Gasteiger partial charge in [-0.25, -0.2) is 0 Å². The Morgan fingerprint density at radius 2 is 2.15 bits per heavy atom. The third kappa shape index (κ3) is 2.30. The van der Waals surface area contributed by atoms with Crippen LogP contribution in [0.15, 0.2) is 12.7 Å². The third-order valence-corrected chi connectivity index (χ3v) is 2.28. The number of aliphatic hydroxyl groups excluding tert-OH is 1. The van der Waals surface area contributed by atoms with Crippen molar-refractivity contribution in [2.24, 2.45) is 0 Å². The lowest BCUT2D eigenvalue weighted by molar-refractivity contribution is -0.178. The summed E-state index contributed by atoms with van der Waals surface area (Å²) in [4.78, 5) is 0. The predicted octanol–water partition coefficient (Wildman–Crippen LogP) is 1.46. The van der Waals surface area contributed by atoms with E-state index in [9.17, 15) is 5.11 Å². The molecule has 0 aromatic rings. The second-order valence-corrected chi connectivity index (χ2v) is 4.14. The van der Waals surface area contributed by atoms with Crippen molar-refractivity contribution >= 4 is 0 Å². The van der Waals surface area contributed by atoms with Gasteiger partial charge in [-0.1, -0.05) is 6.08 Å². The molecule has 0 bridgehead atoms. The molecule has 0 amide bonds. The van der Waals surface area contributed by atoms with Crippen LogP contribution < -0.4 is 0 Å². The van der Waals surface area contributed by atoms with E-state index in [0.29, 0.717) is 13.0 Å². The molecule has 2 atom stereocenters. The summed E-state index contributed by atoms with van der Waals surface area (Å²) in [6, 6.07) is 0. The Morgan fingerprint density at radius 3 is 2.54 bits per heavy atom. The molecule has 3 heteroatoms. The standard InChI is InChI=1S/C10H18O3/c1-5-6-8(11)10(4)7-12-9(2,3)13-10/h5,8,11H,1,6-7H2,2-4H3/t8-,10+/m1/s1. The summed E-state index contributed by atoms with van der Waals surface area (Å²) in [5.41, 5.74) is -0.600. The zero-order chi connectivity index (χ0) is 10.1. The van der Waals surface area contributed by atoms with Gasteiger partial charge in [-0.15, -0.1) is 6.58 Å². The highest BCUT2D eigenvalue weighted by molar-refractivity contribution is 4.93. The van der Waals surface area contributed by atoms with Crippen LogP contribution in [-0.2, 0) is 9.47 Å². The molecule has 0 spiro atoms. The first-order valence-electron chi connectivity index (χ1n) is 4.53. The number of ether oxygens (including phenoxy) is 2. The number of hydrogen-bond donors (Lipinski definition) is 1. The Labute approximate surface area is 79.3 Å². The van der Waals surface area contributed by atoms with Crippen LogP contribution in [0.4, 0.5) is 0 Å². The maximum atomic E-state index is 9.76. The van der Waals surface area contributed by atoms with Gasteiger partial charge in [-0.3, -0.25) is 0 Å². The van der Waals surface area contributed by atoms with Gasteiger partial charge in [-0.2, -0.15) is 0 Å². The Balaban J connectivity index is 2.63. The highest BCUT2D eigenvalue weighted by Crippen LogP contribution is 2.33. The summed E-state index contributed by atoms with van der Waals surface area (Å²) in [7, 11) is 0. The molecule has 1 rings (SSSR count). The summed E-state index contributed by atoms with van der Waals surface area (Å²) >= 11 is 0. The SMILES string of the molecule is C=CC[C@@H](O)[C@]1(C)COC(C)(C)O1. The van der Waals surface area contributed by atoms with Gasteiger partial charge in [0.15, 0.2) is 5.79 Å². The van der Waals surface area contributed by atoms with E-state index in [1.54, 1.807) is 6.08 Å². The second-order valence-electron chi connectivity index (χ2n) is 4.14. The normalized spacial score (nSPS) is 34.5. The van der Waals surface area contributed by atoms with E-state index in [1.807, 2.05) is 20.8 Å². The number of aliphatic hydroxyl groups is 1. The molecule has 1 heterocycles. The van der Waals surface area contributed by atoms with Gasteiger partial charge in [0.05, 0.1) is 12.7 Å². The molecule has 1 aliphatic heterocycles. The summed E-state index contributed by atoms with van der Waals surface area (Å²) < 4.78 is 11.0. The molecule has 13 heavy (non-hydrogen) atoms. The molecule has 0 radical (unpaired) electrons. The predicted molar refractivity (Wildman–Crippen MR) is 50.3 cm³/mol. The van der Waals surface area contributed by atoms with E-state index in [0.717, 1.165) is 0 Å². The zero-order valence-electron chi connectivity index (χ0n) is 8.54. The molecule has 1 N–H and O–H groups in total.